The zero-order valence-electron chi connectivity index (χ0n) is 16.0. The van der Waals surface area contributed by atoms with E-state index in [0.717, 1.165) is 62.2 Å². The number of methoxy groups -OCH3 is 1. The van der Waals surface area contributed by atoms with Crippen LogP contribution < -0.4 is 10.3 Å². The van der Waals surface area contributed by atoms with Crippen LogP contribution in [0.25, 0.3) is 0 Å². The highest BCUT2D eigenvalue weighted by Crippen LogP contribution is 2.45. The molecule has 1 aliphatic heterocycles. The molecule has 1 amide bonds. The number of carbonyl (C=O) groups excluding carboxylic acids is 1. The van der Waals surface area contributed by atoms with Gasteiger partial charge in [0.15, 0.2) is 0 Å². The second kappa shape index (κ2) is 6.43. The lowest BCUT2D eigenvalue weighted by Gasteiger charge is -2.40. The quantitative estimate of drug-likeness (QED) is 0.882. The van der Waals surface area contributed by atoms with E-state index in [2.05, 4.69) is 9.97 Å². The third kappa shape index (κ3) is 2.80. The van der Waals surface area contributed by atoms with Crippen LogP contribution in [0, 0.1) is 0 Å². The molecule has 1 spiro atoms. The fourth-order valence-corrected chi connectivity index (χ4v) is 4.73. The molecule has 1 unspecified atom stereocenters. The number of H-pyrrole nitrogens is 1. The summed E-state index contributed by atoms with van der Waals surface area (Å²) < 4.78 is 5.08. The Kier molecular flexibility index (Phi) is 4.00. The molecule has 0 aromatic carbocycles. The third-order valence-corrected chi connectivity index (χ3v) is 6.41. The van der Waals surface area contributed by atoms with Crippen LogP contribution in [0.5, 0.6) is 5.88 Å². The number of rotatable bonds is 3. The first-order chi connectivity index (χ1) is 13.6. The number of piperidine rings is 1. The van der Waals surface area contributed by atoms with Gasteiger partial charge in [-0.15, -0.1) is 0 Å². The lowest BCUT2D eigenvalue weighted by Crippen LogP contribution is -2.48. The van der Waals surface area contributed by atoms with Gasteiger partial charge in [-0.1, -0.05) is 0 Å². The van der Waals surface area contributed by atoms with Crippen molar-refractivity contribution in [1.82, 2.24) is 19.9 Å². The smallest absolute Gasteiger partial charge is 0.255 e. The van der Waals surface area contributed by atoms with E-state index >= 15 is 0 Å². The molecule has 5 rings (SSSR count). The Bertz CT molecular complexity index is 980. The van der Waals surface area contributed by atoms with Gasteiger partial charge in [-0.25, -0.2) is 9.97 Å². The standard InChI is InChI=1S/C21H24N4O3/c1-28-16-6-5-14(11-22-16)20(27)25-10-2-8-21(12-25)9-7-15-17(21)23-18(13-3-4-13)24-19(15)26/h5-6,11,13H,2-4,7-10,12H2,1H3,(H,23,24,26). The zero-order valence-corrected chi connectivity index (χ0v) is 16.0. The molecule has 2 aliphatic carbocycles. The maximum atomic E-state index is 13.1. The van der Waals surface area contributed by atoms with E-state index in [4.69, 9.17) is 9.72 Å². The largest absolute Gasteiger partial charge is 0.481 e. The van der Waals surface area contributed by atoms with Gasteiger partial charge >= 0.3 is 0 Å². The van der Waals surface area contributed by atoms with Gasteiger partial charge in [-0.2, -0.15) is 0 Å². The van der Waals surface area contributed by atoms with Crippen molar-refractivity contribution >= 4 is 5.91 Å². The van der Waals surface area contributed by atoms with Crippen molar-refractivity contribution in [3.63, 3.8) is 0 Å². The monoisotopic (exact) mass is 380 g/mol. The maximum Gasteiger partial charge on any atom is 0.255 e. The number of pyridine rings is 1. The molecule has 28 heavy (non-hydrogen) atoms. The van der Waals surface area contributed by atoms with Crippen LogP contribution in [0.3, 0.4) is 0 Å². The molecule has 1 saturated carbocycles. The molecule has 3 aliphatic rings. The Morgan fingerprint density at radius 2 is 2.18 bits per heavy atom. The van der Waals surface area contributed by atoms with Crippen molar-refractivity contribution in [2.24, 2.45) is 0 Å². The number of aromatic amines is 1. The van der Waals surface area contributed by atoms with Crippen molar-refractivity contribution in [1.29, 1.82) is 0 Å². The average Bonchev–Trinajstić information content (AvgIpc) is 3.52. The van der Waals surface area contributed by atoms with Crippen LogP contribution in [0.2, 0.25) is 0 Å². The number of ether oxygens (including phenoxy) is 1. The van der Waals surface area contributed by atoms with Gasteiger partial charge in [-0.3, -0.25) is 9.59 Å². The highest BCUT2D eigenvalue weighted by molar-refractivity contribution is 5.94. The van der Waals surface area contributed by atoms with Crippen molar-refractivity contribution < 1.29 is 9.53 Å². The van der Waals surface area contributed by atoms with Gasteiger partial charge in [0.1, 0.15) is 5.82 Å². The van der Waals surface area contributed by atoms with Crippen LogP contribution in [-0.4, -0.2) is 46.0 Å². The molecule has 7 nitrogen and oxygen atoms in total. The summed E-state index contributed by atoms with van der Waals surface area (Å²) in [5, 5.41) is 0. The highest BCUT2D eigenvalue weighted by Gasteiger charge is 2.46. The molecule has 1 saturated heterocycles. The molecule has 1 N–H and O–H groups in total. The average molecular weight is 380 g/mol. The molecule has 7 heteroatoms. The predicted octanol–water partition coefficient (Wildman–Crippen LogP) is 2.17. The summed E-state index contributed by atoms with van der Waals surface area (Å²) in [6.45, 7) is 1.34. The van der Waals surface area contributed by atoms with Gasteiger partial charge in [0.25, 0.3) is 11.5 Å². The molecule has 2 aromatic heterocycles. The fraction of sp³-hybridized carbons (Fsp3) is 0.524. The number of fused-ring (bicyclic) bond motifs is 2. The van der Waals surface area contributed by atoms with E-state index in [0.29, 0.717) is 23.9 Å². The van der Waals surface area contributed by atoms with Gasteiger partial charge in [0, 0.05) is 42.2 Å². The minimum atomic E-state index is -0.193. The lowest BCUT2D eigenvalue weighted by molar-refractivity contribution is 0.0632. The summed E-state index contributed by atoms with van der Waals surface area (Å²) in [5.74, 6) is 1.72. The summed E-state index contributed by atoms with van der Waals surface area (Å²) in [4.78, 5) is 39.6. The van der Waals surface area contributed by atoms with Gasteiger partial charge in [-0.05, 0) is 44.6 Å². The lowest BCUT2D eigenvalue weighted by atomic mass is 9.77. The van der Waals surface area contributed by atoms with Crippen LogP contribution >= 0.6 is 0 Å². The van der Waals surface area contributed by atoms with Crippen LogP contribution in [0.4, 0.5) is 0 Å². The number of amides is 1. The second-order valence-corrected chi connectivity index (χ2v) is 8.25. The number of hydrogen-bond acceptors (Lipinski definition) is 5. The molecule has 2 aromatic rings. The summed E-state index contributed by atoms with van der Waals surface area (Å²) in [7, 11) is 1.56. The van der Waals surface area contributed by atoms with E-state index in [-0.39, 0.29) is 16.9 Å². The second-order valence-electron chi connectivity index (χ2n) is 8.25. The van der Waals surface area contributed by atoms with Crippen molar-refractivity contribution in [2.75, 3.05) is 20.2 Å². The van der Waals surface area contributed by atoms with Gasteiger partial charge in [0.2, 0.25) is 5.88 Å². The number of nitrogens with zero attached hydrogens (tertiary/aromatic N) is 3. The topological polar surface area (TPSA) is 88.2 Å². The van der Waals surface area contributed by atoms with Crippen molar-refractivity contribution in [3.05, 3.63) is 51.3 Å². The molecule has 2 fully saturated rings. The van der Waals surface area contributed by atoms with Crippen LogP contribution in [-0.2, 0) is 11.8 Å². The SMILES string of the molecule is COc1ccc(C(=O)N2CCCC3(CCc4c3nc(C3CC3)[nH]c4=O)C2)cn1. The minimum Gasteiger partial charge on any atom is -0.481 e. The number of aromatic nitrogens is 3. The molecule has 146 valence electrons. The van der Waals surface area contributed by atoms with Gasteiger partial charge in [0.05, 0.1) is 18.4 Å². The van der Waals surface area contributed by atoms with Crippen molar-refractivity contribution in [2.45, 2.75) is 49.9 Å². The molecular formula is C21H24N4O3. The van der Waals surface area contributed by atoms with Crippen LogP contribution in [0.15, 0.2) is 23.1 Å². The fourth-order valence-electron chi connectivity index (χ4n) is 4.73. The Balaban J connectivity index is 1.45. The zero-order chi connectivity index (χ0) is 19.3. The van der Waals surface area contributed by atoms with Gasteiger partial charge < -0.3 is 14.6 Å². The summed E-state index contributed by atoms with van der Waals surface area (Å²) in [5.41, 5.74) is 2.16. The van der Waals surface area contributed by atoms with Crippen molar-refractivity contribution in [3.8, 4) is 5.88 Å². The summed E-state index contributed by atoms with van der Waals surface area (Å²) in [6.07, 6.45) is 7.30. The van der Waals surface area contributed by atoms with E-state index in [1.54, 1.807) is 25.4 Å². The van der Waals surface area contributed by atoms with E-state index in [1.807, 2.05) is 4.90 Å². The highest BCUT2D eigenvalue weighted by atomic mass is 16.5. The van der Waals surface area contributed by atoms with E-state index < -0.39 is 0 Å². The Morgan fingerprint density at radius 1 is 1.32 bits per heavy atom. The first-order valence-electron chi connectivity index (χ1n) is 10.0. The Hall–Kier alpha value is -2.70. The maximum absolute atomic E-state index is 13.1. The number of carbonyl (C=O) groups is 1. The normalized spacial score (nSPS) is 23.7. The number of nitrogens with one attached hydrogen (secondary N) is 1. The molecule has 0 bridgehead atoms. The molecular weight excluding hydrogens is 356 g/mol. The molecule has 3 heterocycles. The molecule has 0 radical (unpaired) electrons. The predicted molar refractivity (Wildman–Crippen MR) is 103 cm³/mol. The minimum absolute atomic E-state index is 0.0186. The molecule has 1 atom stereocenters. The van der Waals surface area contributed by atoms with Crippen LogP contribution in [0.1, 0.15) is 65.5 Å². The first kappa shape index (κ1) is 17.4. The number of hydrogen-bond donors (Lipinski definition) is 1. The third-order valence-electron chi connectivity index (χ3n) is 6.41. The number of likely N-dealkylation sites (tertiary alicyclic amines) is 1. The van der Waals surface area contributed by atoms with E-state index in [9.17, 15) is 9.59 Å². The summed E-state index contributed by atoms with van der Waals surface area (Å²) in [6, 6.07) is 3.47. The Labute approximate surface area is 163 Å². The van der Waals surface area contributed by atoms with E-state index in [1.165, 1.54) is 0 Å². The Morgan fingerprint density at radius 3 is 2.89 bits per heavy atom. The summed E-state index contributed by atoms with van der Waals surface area (Å²) >= 11 is 0. The first-order valence-corrected chi connectivity index (χ1v) is 10.0.